The summed E-state index contributed by atoms with van der Waals surface area (Å²) in [7, 11) is 1.81. The average molecular weight is 244 g/mol. The first-order valence-electron chi connectivity index (χ1n) is 5.77. The van der Waals surface area contributed by atoms with Crippen molar-refractivity contribution < 1.29 is 4.79 Å². The van der Waals surface area contributed by atoms with Crippen LogP contribution in [0.15, 0.2) is 36.7 Å². The lowest BCUT2D eigenvalue weighted by Crippen LogP contribution is -2.12. The van der Waals surface area contributed by atoms with Gasteiger partial charge in [0.25, 0.3) is 0 Å². The Hall–Kier alpha value is -2.30. The Morgan fingerprint density at radius 2 is 2.22 bits per heavy atom. The van der Waals surface area contributed by atoms with Gasteiger partial charge in [0.15, 0.2) is 0 Å². The van der Waals surface area contributed by atoms with Crippen molar-refractivity contribution in [2.24, 2.45) is 7.05 Å². The van der Waals surface area contributed by atoms with Crippen molar-refractivity contribution in [3.8, 4) is 0 Å². The molecule has 2 aromatic rings. The summed E-state index contributed by atoms with van der Waals surface area (Å²) >= 11 is 0. The number of nitrogens with two attached hydrogens (primary N) is 1. The van der Waals surface area contributed by atoms with E-state index in [2.05, 4.69) is 10.4 Å². The van der Waals surface area contributed by atoms with Gasteiger partial charge in [-0.25, -0.2) is 0 Å². The summed E-state index contributed by atoms with van der Waals surface area (Å²) in [4.78, 5) is 11.7. The Bertz CT molecular complexity index is 547. The second-order valence-electron chi connectivity index (χ2n) is 4.15. The number of nitrogens with zero attached hydrogens (tertiary/aromatic N) is 2. The molecule has 0 spiro atoms. The van der Waals surface area contributed by atoms with Crippen molar-refractivity contribution in [1.29, 1.82) is 0 Å². The van der Waals surface area contributed by atoms with Crippen LogP contribution in [0.1, 0.15) is 12.0 Å². The highest BCUT2D eigenvalue weighted by Gasteiger charge is 2.05. The van der Waals surface area contributed by atoms with E-state index in [4.69, 9.17) is 5.73 Å². The smallest absolute Gasteiger partial charge is 0.224 e. The van der Waals surface area contributed by atoms with Crippen molar-refractivity contribution in [2.45, 2.75) is 12.8 Å². The minimum atomic E-state index is -0.0359. The maximum absolute atomic E-state index is 11.7. The molecule has 0 fully saturated rings. The summed E-state index contributed by atoms with van der Waals surface area (Å²) in [5, 5.41) is 6.77. The Balaban J connectivity index is 1.87. The van der Waals surface area contributed by atoms with Crippen molar-refractivity contribution in [3.63, 3.8) is 0 Å². The van der Waals surface area contributed by atoms with Crippen molar-refractivity contribution in [2.75, 3.05) is 11.1 Å². The molecule has 0 aliphatic heterocycles. The Morgan fingerprint density at radius 1 is 1.44 bits per heavy atom. The zero-order valence-corrected chi connectivity index (χ0v) is 10.3. The number of benzene rings is 1. The molecule has 5 nitrogen and oxygen atoms in total. The third kappa shape index (κ3) is 3.10. The zero-order valence-electron chi connectivity index (χ0n) is 10.3. The Morgan fingerprint density at radius 3 is 2.89 bits per heavy atom. The fourth-order valence-electron chi connectivity index (χ4n) is 1.72. The molecular formula is C13H16N4O. The fraction of sp³-hybridized carbons (Fsp3) is 0.231. The quantitative estimate of drug-likeness (QED) is 0.802. The summed E-state index contributed by atoms with van der Waals surface area (Å²) in [6, 6.07) is 7.58. The summed E-state index contributed by atoms with van der Waals surface area (Å²) < 4.78 is 1.64. The molecule has 0 unspecified atom stereocenters. The number of para-hydroxylation sites is 1. The molecule has 0 saturated carbocycles. The third-order valence-electron chi connectivity index (χ3n) is 2.67. The summed E-state index contributed by atoms with van der Waals surface area (Å²) in [5.41, 5.74) is 8.26. The van der Waals surface area contributed by atoms with Crippen LogP contribution in [0.5, 0.6) is 0 Å². The predicted octanol–water partition coefficient (Wildman–Crippen LogP) is 1.57. The highest BCUT2D eigenvalue weighted by Crippen LogP contribution is 2.13. The van der Waals surface area contributed by atoms with Crippen molar-refractivity contribution in [3.05, 3.63) is 42.2 Å². The lowest BCUT2D eigenvalue weighted by Gasteiger charge is -2.05. The second kappa shape index (κ2) is 5.35. The summed E-state index contributed by atoms with van der Waals surface area (Å²) in [5.74, 6) is -0.0359. The van der Waals surface area contributed by atoms with E-state index in [0.29, 0.717) is 18.5 Å². The van der Waals surface area contributed by atoms with E-state index >= 15 is 0 Å². The number of anilines is 2. The summed E-state index contributed by atoms with van der Waals surface area (Å²) in [6.45, 7) is 0. The number of hydrogen-bond acceptors (Lipinski definition) is 3. The number of nitrogen functional groups attached to an aromatic ring is 1. The van der Waals surface area contributed by atoms with Crippen LogP contribution in [-0.2, 0) is 18.3 Å². The van der Waals surface area contributed by atoms with E-state index in [-0.39, 0.29) is 5.91 Å². The van der Waals surface area contributed by atoms with E-state index in [0.717, 1.165) is 11.3 Å². The van der Waals surface area contributed by atoms with Gasteiger partial charge in [0, 0.05) is 25.4 Å². The van der Waals surface area contributed by atoms with Crippen LogP contribution in [0.25, 0.3) is 0 Å². The molecule has 0 bridgehead atoms. The van der Waals surface area contributed by atoms with E-state index in [1.165, 1.54) is 0 Å². The van der Waals surface area contributed by atoms with Gasteiger partial charge in [-0.15, -0.1) is 0 Å². The van der Waals surface area contributed by atoms with Crippen molar-refractivity contribution >= 4 is 17.3 Å². The molecule has 0 saturated heterocycles. The number of nitrogens with one attached hydrogen (secondary N) is 1. The van der Waals surface area contributed by atoms with E-state index in [1.54, 1.807) is 24.1 Å². The molecule has 1 aromatic heterocycles. The van der Waals surface area contributed by atoms with Gasteiger partial charge in [0.05, 0.1) is 11.9 Å². The largest absolute Gasteiger partial charge is 0.399 e. The summed E-state index contributed by atoms with van der Waals surface area (Å²) in [6.07, 6.45) is 4.42. The number of aryl methyl sites for hydroxylation is 2. The van der Waals surface area contributed by atoms with E-state index in [1.807, 2.05) is 24.3 Å². The molecule has 0 aliphatic rings. The Labute approximate surface area is 106 Å². The lowest BCUT2D eigenvalue weighted by molar-refractivity contribution is -0.116. The van der Waals surface area contributed by atoms with Gasteiger partial charge in [0.1, 0.15) is 0 Å². The molecular weight excluding hydrogens is 228 g/mol. The molecule has 0 radical (unpaired) electrons. The van der Waals surface area contributed by atoms with Gasteiger partial charge in [-0.1, -0.05) is 18.2 Å². The van der Waals surface area contributed by atoms with Gasteiger partial charge < -0.3 is 11.1 Å². The molecule has 18 heavy (non-hydrogen) atoms. The molecule has 3 N–H and O–H groups in total. The number of carbonyl (C=O) groups excluding carboxylic acids is 1. The number of aromatic nitrogens is 2. The van der Waals surface area contributed by atoms with Crippen LogP contribution in [0, 0.1) is 0 Å². The van der Waals surface area contributed by atoms with E-state index < -0.39 is 0 Å². The SMILES string of the molecule is Cn1cc(NC(=O)CCc2ccccc2N)cn1. The number of carbonyl (C=O) groups is 1. The van der Waals surface area contributed by atoms with Crippen LogP contribution in [-0.4, -0.2) is 15.7 Å². The molecule has 5 heteroatoms. The number of amides is 1. The highest BCUT2D eigenvalue weighted by atomic mass is 16.1. The molecule has 0 atom stereocenters. The van der Waals surface area contributed by atoms with Gasteiger partial charge in [-0.2, -0.15) is 5.10 Å². The molecule has 1 heterocycles. The van der Waals surface area contributed by atoms with Gasteiger partial charge in [-0.05, 0) is 18.1 Å². The first kappa shape index (κ1) is 12.2. The Kier molecular flexibility index (Phi) is 3.62. The lowest BCUT2D eigenvalue weighted by atomic mass is 10.1. The molecule has 0 aliphatic carbocycles. The maximum atomic E-state index is 11.7. The van der Waals surface area contributed by atoms with Gasteiger partial charge in [0.2, 0.25) is 5.91 Å². The van der Waals surface area contributed by atoms with Gasteiger partial charge in [-0.3, -0.25) is 9.48 Å². The number of rotatable bonds is 4. The first-order valence-corrected chi connectivity index (χ1v) is 5.77. The molecule has 2 rings (SSSR count). The van der Waals surface area contributed by atoms with Crippen LogP contribution in [0.3, 0.4) is 0 Å². The third-order valence-corrected chi connectivity index (χ3v) is 2.67. The topological polar surface area (TPSA) is 72.9 Å². The second-order valence-corrected chi connectivity index (χ2v) is 4.15. The molecule has 94 valence electrons. The number of hydrogen-bond donors (Lipinski definition) is 2. The normalized spacial score (nSPS) is 10.3. The predicted molar refractivity (Wildman–Crippen MR) is 71.0 cm³/mol. The van der Waals surface area contributed by atoms with Crippen LogP contribution >= 0.6 is 0 Å². The van der Waals surface area contributed by atoms with Crippen LogP contribution < -0.4 is 11.1 Å². The first-order chi connectivity index (χ1) is 8.65. The minimum absolute atomic E-state index is 0.0359. The zero-order chi connectivity index (χ0) is 13.0. The van der Waals surface area contributed by atoms with Crippen LogP contribution in [0.4, 0.5) is 11.4 Å². The monoisotopic (exact) mass is 244 g/mol. The molecule has 1 aromatic carbocycles. The van der Waals surface area contributed by atoms with Crippen molar-refractivity contribution in [1.82, 2.24) is 9.78 Å². The average Bonchev–Trinajstić information content (AvgIpc) is 2.74. The fourth-order valence-corrected chi connectivity index (χ4v) is 1.72. The maximum Gasteiger partial charge on any atom is 0.224 e. The van der Waals surface area contributed by atoms with Crippen LogP contribution in [0.2, 0.25) is 0 Å². The molecule has 1 amide bonds. The van der Waals surface area contributed by atoms with Gasteiger partial charge >= 0.3 is 0 Å². The minimum Gasteiger partial charge on any atom is -0.399 e. The van der Waals surface area contributed by atoms with E-state index in [9.17, 15) is 4.79 Å². The standard InChI is InChI=1S/C13H16N4O/c1-17-9-11(8-15-17)16-13(18)7-6-10-4-2-3-5-12(10)14/h2-5,8-9H,6-7,14H2,1H3,(H,16,18). The highest BCUT2D eigenvalue weighted by molar-refractivity contribution is 5.90.